The highest BCUT2D eigenvalue weighted by Gasteiger charge is 2.10. The van der Waals surface area contributed by atoms with E-state index in [9.17, 15) is 4.79 Å². The Bertz CT molecular complexity index is 805. The molecule has 6 heteroatoms. The summed E-state index contributed by atoms with van der Waals surface area (Å²) in [5.74, 6) is 0.792. The predicted octanol–water partition coefficient (Wildman–Crippen LogP) is 3.78. The zero-order chi connectivity index (χ0) is 19.8. The molecule has 0 heterocycles. The highest BCUT2D eigenvalue weighted by atomic mass is 127. The Kier molecular flexibility index (Phi) is 9.99. The van der Waals surface area contributed by atoms with Gasteiger partial charge in [-0.2, -0.15) is 0 Å². The molecule has 0 aliphatic carbocycles. The van der Waals surface area contributed by atoms with Crippen LogP contribution in [-0.4, -0.2) is 44.5 Å². The van der Waals surface area contributed by atoms with E-state index in [2.05, 4.69) is 47.7 Å². The number of hydrogen-bond acceptors (Lipinski definition) is 2. The molecule has 0 saturated heterocycles. The van der Waals surface area contributed by atoms with Crippen molar-refractivity contribution in [1.29, 1.82) is 0 Å². The summed E-state index contributed by atoms with van der Waals surface area (Å²) in [4.78, 5) is 18.0. The lowest BCUT2D eigenvalue weighted by molar-refractivity contribution is 0.0827. The van der Waals surface area contributed by atoms with Crippen LogP contribution in [0.5, 0.6) is 0 Å². The molecule has 5 nitrogen and oxygen atoms in total. The SMILES string of the molecule is CN=C(NCCc1cccc(C(=O)N(C)C)c1)NC(C)c1ccccc1C.I. The minimum absolute atomic E-state index is 0. The fourth-order valence-corrected chi connectivity index (χ4v) is 2.99. The first-order valence-electron chi connectivity index (χ1n) is 9.25. The monoisotopic (exact) mass is 494 g/mol. The first-order valence-corrected chi connectivity index (χ1v) is 9.25. The van der Waals surface area contributed by atoms with E-state index in [-0.39, 0.29) is 35.9 Å². The third kappa shape index (κ3) is 6.82. The lowest BCUT2D eigenvalue weighted by Gasteiger charge is -2.20. The maximum atomic E-state index is 12.1. The number of hydrogen-bond donors (Lipinski definition) is 2. The molecule has 1 unspecified atom stereocenters. The number of guanidine groups is 1. The smallest absolute Gasteiger partial charge is 0.253 e. The van der Waals surface area contributed by atoms with Gasteiger partial charge in [-0.1, -0.05) is 36.4 Å². The molecule has 0 aliphatic heterocycles. The third-order valence-corrected chi connectivity index (χ3v) is 4.52. The van der Waals surface area contributed by atoms with Crippen LogP contribution in [0.2, 0.25) is 0 Å². The van der Waals surface area contributed by atoms with Gasteiger partial charge in [-0.3, -0.25) is 9.79 Å². The maximum absolute atomic E-state index is 12.1. The van der Waals surface area contributed by atoms with E-state index in [1.165, 1.54) is 11.1 Å². The molecule has 0 bridgehead atoms. The summed E-state index contributed by atoms with van der Waals surface area (Å²) in [7, 11) is 5.31. The Morgan fingerprint density at radius 3 is 2.50 bits per heavy atom. The van der Waals surface area contributed by atoms with Crippen molar-refractivity contribution in [2.24, 2.45) is 4.99 Å². The van der Waals surface area contributed by atoms with Crippen LogP contribution < -0.4 is 10.6 Å². The molecule has 0 radical (unpaired) electrons. The summed E-state index contributed by atoms with van der Waals surface area (Å²) in [6, 6.07) is 16.3. The van der Waals surface area contributed by atoms with Crippen molar-refractivity contribution in [3.8, 4) is 0 Å². The van der Waals surface area contributed by atoms with Crippen molar-refractivity contribution in [3.05, 3.63) is 70.8 Å². The number of amides is 1. The van der Waals surface area contributed by atoms with Crippen molar-refractivity contribution < 1.29 is 4.79 Å². The topological polar surface area (TPSA) is 56.7 Å². The fourth-order valence-electron chi connectivity index (χ4n) is 2.99. The van der Waals surface area contributed by atoms with Crippen LogP contribution in [0.25, 0.3) is 0 Å². The quantitative estimate of drug-likeness (QED) is 0.365. The van der Waals surface area contributed by atoms with Gasteiger partial charge < -0.3 is 15.5 Å². The van der Waals surface area contributed by atoms with Crippen LogP contribution in [0, 0.1) is 6.92 Å². The van der Waals surface area contributed by atoms with Crippen molar-refractivity contribution in [3.63, 3.8) is 0 Å². The molecule has 152 valence electrons. The predicted molar refractivity (Wildman–Crippen MR) is 128 cm³/mol. The van der Waals surface area contributed by atoms with Crippen molar-refractivity contribution in [2.45, 2.75) is 26.3 Å². The second-order valence-corrected chi connectivity index (χ2v) is 6.87. The molecule has 1 amide bonds. The van der Waals surface area contributed by atoms with Crippen LogP contribution in [0.1, 0.15) is 40.0 Å². The summed E-state index contributed by atoms with van der Waals surface area (Å²) >= 11 is 0. The van der Waals surface area contributed by atoms with Gasteiger partial charge in [0.25, 0.3) is 5.91 Å². The van der Waals surface area contributed by atoms with Crippen molar-refractivity contribution in [1.82, 2.24) is 15.5 Å². The number of carbonyl (C=O) groups is 1. The molecule has 1 atom stereocenters. The summed E-state index contributed by atoms with van der Waals surface area (Å²) < 4.78 is 0. The molecular formula is C22H31IN4O. The lowest BCUT2D eigenvalue weighted by atomic mass is 10.0. The second-order valence-electron chi connectivity index (χ2n) is 6.87. The van der Waals surface area contributed by atoms with Gasteiger partial charge in [-0.15, -0.1) is 24.0 Å². The lowest BCUT2D eigenvalue weighted by Crippen LogP contribution is -2.39. The molecular weight excluding hydrogens is 463 g/mol. The molecule has 28 heavy (non-hydrogen) atoms. The number of rotatable bonds is 6. The van der Waals surface area contributed by atoms with Crippen LogP contribution in [0.4, 0.5) is 0 Å². The van der Waals surface area contributed by atoms with Gasteiger partial charge in [0, 0.05) is 33.3 Å². The van der Waals surface area contributed by atoms with Gasteiger partial charge >= 0.3 is 0 Å². The highest BCUT2D eigenvalue weighted by Crippen LogP contribution is 2.16. The third-order valence-electron chi connectivity index (χ3n) is 4.52. The average Bonchev–Trinajstić information content (AvgIpc) is 2.67. The zero-order valence-electron chi connectivity index (χ0n) is 17.3. The molecule has 0 spiro atoms. The van der Waals surface area contributed by atoms with E-state index in [0.29, 0.717) is 5.56 Å². The van der Waals surface area contributed by atoms with Crippen LogP contribution in [0.3, 0.4) is 0 Å². The number of nitrogens with one attached hydrogen (secondary N) is 2. The normalized spacial score (nSPS) is 12.0. The van der Waals surface area contributed by atoms with E-state index < -0.39 is 0 Å². The molecule has 0 aromatic heterocycles. The van der Waals surface area contributed by atoms with Gasteiger partial charge in [0.1, 0.15) is 0 Å². The van der Waals surface area contributed by atoms with Gasteiger partial charge in [0.2, 0.25) is 0 Å². The van der Waals surface area contributed by atoms with Gasteiger partial charge in [0.15, 0.2) is 5.96 Å². The summed E-state index contributed by atoms with van der Waals surface area (Å²) in [5.41, 5.74) is 4.36. The van der Waals surface area contributed by atoms with E-state index in [0.717, 1.165) is 24.5 Å². The van der Waals surface area contributed by atoms with E-state index in [1.54, 1.807) is 26.0 Å². The Hall–Kier alpha value is -2.09. The summed E-state index contributed by atoms with van der Waals surface area (Å²) in [6.45, 7) is 4.98. The van der Waals surface area contributed by atoms with E-state index >= 15 is 0 Å². The largest absolute Gasteiger partial charge is 0.356 e. The van der Waals surface area contributed by atoms with E-state index in [4.69, 9.17) is 0 Å². The summed E-state index contributed by atoms with van der Waals surface area (Å²) in [6.07, 6.45) is 0.813. The van der Waals surface area contributed by atoms with Gasteiger partial charge in [-0.05, 0) is 49.1 Å². The van der Waals surface area contributed by atoms with E-state index in [1.807, 2.05) is 30.3 Å². The standard InChI is InChI=1S/C22H30N4O.HI/c1-16-9-6-7-12-20(16)17(2)25-22(23-3)24-14-13-18-10-8-11-19(15-18)21(27)26(4)5;/h6-12,15,17H,13-14H2,1-5H3,(H2,23,24,25);1H. The zero-order valence-corrected chi connectivity index (χ0v) is 19.7. The Labute approximate surface area is 185 Å². The number of carbonyl (C=O) groups excluding carboxylic acids is 1. The number of benzene rings is 2. The molecule has 0 aliphatic rings. The maximum Gasteiger partial charge on any atom is 0.253 e. The van der Waals surface area contributed by atoms with Crippen molar-refractivity contribution in [2.75, 3.05) is 27.7 Å². The van der Waals surface area contributed by atoms with Gasteiger partial charge in [0.05, 0.1) is 6.04 Å². The Balaban J connectivity index is 0.00000392. The first kappa shape index (κ1) is 23.9. The van der Waals surface area contributed by atoms with Crippen LogP contribution in [-0.2, 0) is 6.42 Å². The molecule has 2 rings (SSSR count). The number of nitrogens with zero attached hydrogens (tertiary/aromatic N) is 2. The minimum atomic E-state index is 0. The van der Waals surface area contributed by atoms with Gasteiger partial charge in [-0.25, -0.2) is 0 Å². The Morgan fingerprint density at radius 1 is 1.14 bits per heavy atom. The van der Waals surface area contributed by atoms with Crippen molar-refractivity contribution >= 4 is 35.8 Å². The summed E-state index contributed by atoms with van der Waals surface area (Å²) in [5, 5.41) is 6.79. The molecule has 2 aromatic carbocycles. The molecule has 2 N–H and O–H groups in total. The Morgan fingerprint density at radius 2 is 1.86 bits per heavy atom. The van der Waals surface area contributed by atoms with Crippen LogP contribution >= 0.6 is 24.0 Å². The first-order chi connectivity index (χ1) is 12.9. The highest BCUT2D eigenvalue weighted by molar-refractivity contribution is 14.0. The molecule has 0 saturated carbocycles. The van der Waals surface area contributed by atoms with Crippen LogP contribution in [0.15, 0.2) is 53.5 Å². The average molecular weight is 494 g/mol. The second kappa shape index (κ2) is 11.7. The number of aliphatic imine (C=N–C) groups is 1. The minimum Gasteiger partial charge on any atom is -0.356 e. The number of halogens is 1. The fraction of sp³-hybridized carbons (Fsp3) is 0.364. The molecule has 2 aromatic rings. The number of aryl methyl sites for hydroxylation is 1. The molecule has 0 fully saturated rings.